The second kappa shape index (κ2) is 8.54. The monoisotopic (exact) mass is 327 g/mol. The lowest BCUT2D eigenvalue weighted by Crippen LogP contribution is -2.34. The average molecular weight is 327 g/mol. The normalized spacial score (nSPS) is 12.0. The van der Waals surface area contributed by atoms with Crippen LogP contribution in [0.15, 0.2) is 64.8 Å². The Morgan fingerprint density at radius 2 is 1.71 bits per heavy atom. The Hall–Kier alpha value is -3.06. The molecule has 0 bridgehead atoms. The summed E-state index contributed by atoms with van der Waals surface area (Å²) < 4.78 is 5.01. The number of rotatable bonds is 7. The summed E-state index contributed by atoms with van der Waals surface area (Å²) in [6.45, 7) is -0.0130. The minimum atomic E-state index is -1.18. The first-order valence-corrected chi connectivity index (χ1v) is 7.24. The van der Waals surface area contributed by atoms with Crippen molar-refractivity contribution in [2.75, 3.05) is 0 Å². The van der Waals surface area contributed by atoms with E-state index in [1.165, 1.54) is 0 Å². The molecule has 0 aliphatic heterocycles. The van der Waals surface area contributed by atoms with Crippen LogP contribution in [0.1, 0.15) is 12.0 Å². The van der Waals surface area contributed by atoms with E-state index in [1.807, 2.05) is 30.3 Å². The number of carbonyl (C=O) groups excluding carboxylic acids is 1. The van der Waals surface area contributed by atoms with Gasteiger partial charge in [-0.3, -0.25) is 9.59 Å². The number of azo groups is 1. The highest BCUT2D eigenvalue weighted by atomic mass is 16.5. The molecule has 1 atom stereocenters. The van der Waals surface area contributed by atoms with Gasteiger partial charge >= 0.3 is 11.9 Å². The molecule has 0 spiro atoms. The van der Waals surface area contributed by atoms with Gasteiger partial charge in [-0.15, -0.1) is 0 Å². The predicted octanol–water partition coefficient (Wildman–Crippen LogP) is 2.95. The molecule has 7 heteroatoms. The van der Waals surface area contributed by atoms with Crippen LogP contribution in [0, 0.1) is 0 Å². The topological polar surface area (TPSA) is 114 Å². The van der Waals surface area contributed by atoms with E-state index in [2.05, 4.69) is 10.2 Å². The molecule has 24 heavy (non-hydrogen) atoms. The lowest BCUT2D eigenvalue weighted by atomic mass is 10.2. The Balaban J connectivity index is 1.94. The van der Waals surface area contributed by atoms with E-state index in [4.69, 9.17) is 15.6 Å². The molecule has 0 saturated heterocycles. The van der Waals surface area contributed by atoms with Crippen LogP contribution in [-0.2, 0) is 20.9 Å². The highest BCUT2D eigenvalue weighted by molar-refractivity contribution is 5.81. The lowest BCUT2D eigenvalue weighted by Gasteiger charge is -2.09. The van der Waals surface area contributed by atoms with Gasteiger partial charge in [-0.1, -0.05) is 30.3 Å². The summed E-state index contributed by atoms with van der Waals surface area (Å²) >= 11 is 0. The number of carboxylic acids is 1. The summed E-state index contributed by atoms with van der Waals surface area (Å²) in [4.78, 5) is 22.1. The van der Waals surface area contributed by atoms with Crippen LogP contribution in [-0.4, -0.2) is 23.1 Å². The van der Waals surface area contributed by atoms with Crippen molar-refractivity contribution < 1.29 is 19.4 Å². The molecular weight excluding hydrogens is 310 g/mol. The largest absolute Gasteiger partial charge is 0.481 e. The van der Waals surface area contributed by atoms with E-state index in [0.29, 0.717) is 11.3 Å². The number of carbonyl (C=O) groups is 2. The van der Waals surface area contributed by atoms with Gasteiger partial charge in [0.1, 0.15) is 12.6 Å². The second-order valence-electron chi connectivity index (χ2n) is 5.02. The van der Waals surface area contributed by atoms with E-state index in [9.17, 15) is 9.59 Å². The smallest absolute Gasteiger partial charge is 0.323 e. The number of aliphatic carboxylic acids is 1. The first-order chi connectivity index (χ1) is 11.5. The molecule has 2 aromatic rings. The molecule has 0 aliphatic carbocycles. The van der Waals surface area contributed by atoms with Crippen LogP contribution >= 0.6 is 0 Å². The molecule has 0 aromatic heterocycles. The molecule has 124 valence electrons. The fourth-order valence-corrected chi connectivity index (χ4v) is 1.85. The Morgan fingerprint density at radius 1 is 1.04 bits per heavy atom. The fourth-order valence-electron chi connectivity index (χ4n) is 1.85. The van der Waals surface area contributed by atoms with Gasteiger partial charge in [0, 0.05) is 0 Å². The van der Waals surface area contributed by atoms with E-state index >= 15 is 0 Å². The number of nitrogens with zero attached hydrogens (tertiary/aromatic N) is 2. The summed E-state index contributed by atoms with van der Waals surface area (Å²) in [5.41, 5.74) is 7.48. The Kier molecular flexibility index (Phi) is 6.16. The molecule has 0 heterocycles. The third kappa shape index (κ3) is 5.62. The van der Waals surface area contributed by atoms with Crippen molar-refractivity contribution in [2.24, 2.45) is 16.0 Å². The SMILES string of the molecule is N[C@@H](CC(=O)O)C(=O)OCc1cccc(N=Nc2ccccc2)c1. The molecule has 0 amide bonds. The Labute approximate surface area is 138 Å². The van der Waals surface area contributed by atoms with Crippen molar-refractivity contribution in [3.8, 4) is 0 Å². The third-order valence-corrected chi connectivity index (χ3v) is 3.03. The predicted molar refractivity (Wildman–Crippen MR) is 87.1 cm³/mol. The third-order valence-electron chi connectivity index (χ3n) is 3.03. The summed E-state index contributed by atoms with van der Waals surface area (Å²) in [5.74, 6) is -1.91. The number of hydrogen-bond acceptors (Lipinski definition) is 6. The number of nitrogens with two attached hydrogens (primary N) is 1. The van der Waals surface area contributed by atoms with Gasteiger partial charge in [0.2, 0.25) is 0 Å². The first kappa shape index (κ1) is 17.3. The molecule has 0 unspecified atom stereocenters. The maximum Gasteiger partial charge on any atom is 0.323 e. The van der Waals surface area contributed by atoms with Crippen LogP contribution in [0.2, 0.25) is 0 Å². The molecule has 0 saturated carbocycles. The molecular formula is C17H17N3O4. The van der Waals surface area contributed by atoms with Crippen molar-refractivity contribution in [3.05, 3.63) is 60.2 Å². The van der Waals surface area contributed by atoms with E-state index < -0.39 is 24.4 Å². The fraction of sp³-hybridized carbons (Fsp3) is 0.176. The summed E-state index contributed by atoms with van der Waals surface area (Å²) in [6.07, 6.45) is -0.468. The minimum absolute atomic E-state index is 0.0130. The maximum absolute atomic E-state index is 11.6. The van der Waals surface area contributed by atoms with Gasteiger partial charge in [0.25, 0.3) is 0 Å². The van der Waals surface area contributed by atoms with E-state index in [0.717, 1.165) is 5.69 Å². The summed E-state index contributed by atoms with van der Waals surface area (Å²) in [6, 6.07) is 15.1. The van der Waals surface area contributed by atoms with Crippen molar-refractivity contribution in [1.82, 2.24) is 0 Å². The van der Waals surface area contributed by atoms with Gasteiger partial charge < -0.3 is 15.6 Å². The van der Waals surface area contributed by atoms with Crippen molar-refractivity contribution in [2.45, 2.75) is 19.1 Å². The summed E-state index contributed by atoms with van der Waals surface area (Å²) in [7, 11) is 0. The van der Waals surface area contributed by atoms with Crippen LogP contribution in [0.5, 0.6) is 0 Å². The van der Waals surface area contributed by atoms with Gasteiger partial charge in [-0.2, -0.15) is 10.2 Å². The lowest BCUT2D eigenvalue weighted by molar-refractivity contribution is -0.150. The molecule has 2 aromatic carbocycles. The average Bonchev–Trinajstić information content (AvgIpc) is 2.58. The second-order valence-corrected chi connectivity index (χ2v) is 5.02. The number of esters is 1. The van der Waals surface area contributed by atoms with Crippen LogP contribution in [0.4, 0.5) is 11.4 Å². The molecule has 0 fully saturated rings. The van der Waals surface area contributed by atoms with Gasteiger partial charge in [0.05, 0.1) is 17.8 Å². The van der Waals surface area contributed by atoms with Gasteiger partial charge in [-0.05, 0) is 29.8 Å². The minimum Gasteiger partial charge on any atom is -0.481 e. The quantitative estimate of drug-likeness (QED) is 0.599. The molecule has 0 radical (unpaired) electrons. The number of benzene rings is 2. The van der Waals surface area contributed by atoms with Gasteiger partial charge in [0.15, 0.2) is 0 Å². The van der Waals surface area contributed by atoms with E-state index in [1.54, 1.807) is 24.3 Å². The molecule has 2 rings (SSSR count). The van der Waals surface area contributed by atoms with Crippen molar-refractivity contribution >= 4 is 23.3 Å². The number of hydrogen-bond donors (Lipinski definition) is 2. The zero-order chi connectivity index (χ0) is 17.4. The molecule has 3 N–H and O–H groups in total. The number of carboxylic acid groups (broad SMARTS) is 1. The van der Waals surface area contributed by atoms with Crippen molar-refractivity contribution in [1.29, 1.82) is 0 Å². The van der Waals surface area contributed by atoms with Crippen LogP contribution in [0.25, 0.3) is 0 Å². The van der Waals surface area contributed by atoms with Crippen LogP contribution in [0.3, 0.4) is 0 Å². The highest BCUT2D eigenvalue weighted by Gasteiger charge is 2.18. The van der Waals surface area contributed by atoms with E-state index in [-0.39, 0.29) is 6.61 Å². The molecule has 7 nitrogen and oxygen atoms in total. The Morgan fingerprint density at radius 3 is 2.42 bits per heavy atom. The first-order valence-electron chi connectivity index (χ1n) is 7.24. The molecule has 0 aliphatic rings. The maximum atomic E-state index is 11.6. The summed E-state index contributed by atoms with van der Waals surface area (Å²) in [5, 5.41) is 16.8. The highest BCUT2D eigenvalue weighted by Crippen LogP contribution is 2.19. The number of ether oxygens (including phenoxy) is 1. The van der Waals surface area contributed by atoms with Gasteiger partial charge in [-0.25, -0.2) is 0 Å². The standard InChI is InChI=1S/C17H17N3O4/c18-15(10-16(21)22)17(23)24-11-12-5-4-8-14(9-12)20-19-13-6-2-1-3-7-13/h1-9,15H,10-11,18H2,(H,21,22)/t15-/m0/s1. The zero-order valence-corrected chi connectivity index (χ0v) is 12.8. The van der Waals surface area contributed by atoms with Crippen molar-refractivity contribution in [3.63, 3.8) is 0 Å². The Bertz CT molecular complexity index is 732. The zero-order valence-electron chi connectivity index (χ0n) is 12.8. The van der Waals surface area contributed by atoms with Crippen LogP contribution < -0.4 is 5.73 Å².